The molecular formula is C7H18ClNO2. The average Bonchev–Trinajstić information content (AvgIpc) is 1.98. The first-order valence-corrected chi connectivity index (χ1v) is 3.80. The maximum atomic E-state index is 8.97. The molecule has 0 aliphatic carbocycles. The van der Waals surface area contributed by atoms with E-state index < -0.39 is 0 Å². The molecule has 11 heavy (non-hydrogen) atoms. The summed E-state index contributed by atoms with van der Waals surface area (Å²) in [4.78, 5) is 0. The highest BCUT2D eigenvalue weighted by molar-refractivity contribution is 5.85. The van der Waals surface area contributed by atoms with Gasteiger partial charge in [0.1, 0.15) is 0 Å². The highest BCUT2D eigenvalue weighted by atomic mass is 35.5. The number of aliphatic hydroxyl groups is 2. The third-order valence-electron chi connectivity index (χ3n) is 1.47. The molecule has 0 amide bonds. The minimum atomic E-state index is -0.348. The third kappa shape index (κ3) is 10.2. The van der Waals surface area contributed by atoms with Gasteiger partial charge in [-0.25, -0.2) is 0 Å². The molecule has 4 N–H and O–H groups in total. The summed E-state index contributed by atoms with van der Waals surface area (Å²) in [6, 6.07) is 0. The lowest BCUT2D eigenvalue weighted by Crippen LogP contribution is -2.19. The van der Waals surface area contributed by atoms with E-state index in [1.54, 1.807) is 0 Å². The van der Waals surface area contributed by atoms with Crippen LogP contribution >= 0.6 is 12.4 Å². The highest BCUT2D eigenvalue weighted by Gasteiger charge is 1.98. The van der Waals surface area contributed by atoms with Crippen LogP contribution in [-0.4, -0.2) is 29.5 Å². The molecule has 0 radical (unpaired) electrons. The summed E-state index contributed by atoms with van der Waals surface area (Å²) in [5.74, 6) is 0. The molecule has 4 heteroatoms. The van der Waals surface area contributed by atoms with E-state index in [0.717, 1.165) is 25.7 Å². The predicted octanol–water partition coefficient (Wildman–Crippen LogP) is 0.280. The molecule has 0 saturated heterocycles. The first-order valence-electron chi connectivity index (χ1n) is 3.80. The number of nitrogens with two attached hydrogens (primary N) is 1. The summed E-state index contributed by atoms with van der Waals surface area (Å²) in [7, 11) is 0. The Morgan fingerprint density at radius 2 is 1.82 bits per heavy atom. The zero-order chi connectivity index (χ0) is 7.82. The number of aliphatic hydroxyl groups excluding tert-OH is 2. The van der Waals surface area contributed by atoms with Crippen molar-refractivity contribution in [3.8, 4) is 0 Å². The van der Waals surface area contributed by atoms with Crippen molar-refractivity contribution in [1.29, 1.82) is 0 Å². The molecule has 0 rings (SSSR count). The number of halogens is 1. The van der Waals surface area contributed by atoms with E-state index in [4.69, 9.17) is 15.9 Å². The maximum Gasteiger partial charge on any atom is 0.0662 e. The van der Waals surface area contributed by atoms with Crippen LogP contribution in [-0.2, 0) is 0 Å². The van der Waals surface area contributed by atoms with E-state index in [1.807, 2.05) is 0 Å². The summed E-state index contributed by atoms with van der Waals surface area (Å²) in [6.07, 6.45) is 3.18. The summed E-state index contributed by atoms with van der Waals surface area (Å²) in [5.41, 5.74) is 5.19. The van der Waals surface area contributed by atoms with Crippen molar-refractivity contribution < 1.29 is 10.2 Å². The second-order valence-electron chi connectivity index (χ2n) is 2.46. The van der Waals surface area contributed by atoms with Crippen molar-refractivity contribution >= 4 is 12.4 Å². The molecule has 0 aliphatic rings. The Labute approximate surface area is 74.0 Å². The Morgan fingerprint density at radius 1 is 1.18 bits per heavy atom. The van der Waals surface area contributed by atoms with E-state index in [-0.39, 0.29) is 25.1 Å². The van der Waals surface area contributed by atoms with Gasteiger partial charge < -0.3 is 15.9 Å². The Bertz CT molecular complexity index is 73.5. The monoisotopic (exact) mass is 183 g/mol. The summed E-state index contributed by atoms with van der Waals surface area (Å²) in [5, 5.41) is 17.4. The molecule has 70 valence electrons. The average molecular weight is 184 g/mol. The molecule has 1 atom stereocenters. The summed E-state index contributed by atoms with van der Waals surface area (Å²) in [6.45, 7) is 0.595. The topological polar surface area (TPSA) is 66.5 Å². The molecule has 0 heterocycles. The van der Waals surface area contributed by atoms with Crippen molar-refractivity contribution in [1.82, 2.24) is 0 Å². The fourth-order valence-electron chi connectivity index (χ4n) is 0.786. The first kappa shape index (κ1) is 13.7. The van der Waals surface area contributed by atoms with Gasteiger partial charge in [0.25, 0.3) is 0 Å². The van der Waals surface area contributed by atoms with Crippen molar-refractivity contribution in [3.63, 3.8) is 0 Å². The SMILES string of the molecule is Cl.NCC(O)CCCCCO. The number of rotatable bonds is 6. The van der Waals surface area contributed by atoms with Gasteiger partial charge in [-0.05, 0) is 12.8 Å². The zero-order valence-electron chi connectivity index (χ0n) is 6.70. The van der Waals surface area contributed by atoms with Crippen LogP contribution in [0.1, 0.15) is 25.7 Å². The lowest BCUT2D eigenvalue weighted by molar-refractivity contribution is 0.167. The van der Waals surface area contributed by atoms with Crippen LogP contribution in [0.2, 0.25) is 0 Å². The molecule has 3 nitrogen and oxygen atoms in total. The maximum absolute atomic E-state index is 8.97. The third-order valence-corrected chi connectivity index (χ3v) is 1.47. The van der Waals surface area contributed by atoms with Crippen LogP contribution in [0.15, 0.2) is 0 Å². The van der Waals surface area contributed by atoms with Crippen molar-refractivity contribution in [2.75, 3.05) is 13.2 Å². The van der Waals surface area contributed by atoms with Crippen LogP contribution in [0.25, 0.3) is 0 Å². The Balaban J connectivity index is 0. The Kier molecular flexibility index (Phi) is 12.7. The van der Waals surface area contributed by atoms with Crippen LogP contribution < -0.4 is 5.73 Å². The number of hydrogen-bond acceptors (Lipinski definition) is 3. The van der Waals surface area contributed by atoms with Crippen LogP contribution in [0, 0.1) is 0 Å². The second kappa shape index (κ2) is 10.2. The fraction of sp³-hybridized carbons (Fsp3) is 1.00. The standard InChI is InChI=1S/C7H17NO2.ClH/c8-6-7(10)4-2-1-3-5-9;/h7,9-10H,1-6,8H2;1H. The van der Waals surface area contributed by atoms with Gasteiger partial charge in [-0.15, -0.1) is 12.4 Å². The van der Waals surface area contributed by atoms with E-state index >= 15 is 0 Å². The van der Waals surface area contributed by atoms with Gasteiger partial charge in [-0.3, -0.25) is 0 Å². The minimum Gasteiger partial charge on any atom is -0.396 e. The molecule has 0 saturated carbocycles. The van der Waals surface area contributed by atoms with Gasteiger partial charge in [0.05, 0.1) is 6.10 Å². The number of hydrogen-bond donors (Lipinski definition) is 3. The molecule has 0 aromatic heterocycles. The van der Waals surface area contributed by atoms with Crippen molar-refractivity contribution in [3.05, 3.63) is 0 Å². The molecule has 0 fully saturated rings. The molecule has 0 aliphatic heterocycles. The molecular weight excluding hydrogens is 166 g/mol. The van der Waals surface area contributed by atoms with Crippen LogP contribution in [0.4, 0.5) is 0 Å². The lowest BCUT2D eigenvalue weighted by atomic mass is 10.1. The Morgan fingerprint density at radius 3 is 2.27 bits per heavy atom. The van der Waals surface area contributed by atoms with Gasteiger partial charge in [-0.2, -0.15) is 0 Å². The van der Waals surface area contributed by atoms with Gasteiger partial charge >= 0.3 is 0 Å². The van der Waals surface area contributed by atoms with Crippen LogP contribution in [0.5, 0.6) is 0 Å². The van der Waals surface area contributed by atoms with E-state index in [9.17, 15) is 0 Å². The molecule has 0 spiro atoms. The van der Waals surface area contributed by atoms with Gasteiger partial charge in [0.15, 0.2) is 0 Å². The second-order valence-corrected chi connectivity index (χ2v) is 2.46. The highest BCUT2D eigenvalue weighted by Crippen LogP contribution is 2.01. The largest absolute Gasteiger partial charge is 0.396 e. The van der Waals surface area contributed by atoms with E-state index in [0.29, 0.717) is 6.54 Å². The predicted molar refractivity (Wildman–Crippen MR) is 47.9 cm³/mol. The summed E-state index contributed by atoms with van der Waals surface area (Å²) < 4.78 is 0. The first-order chi connectivity index (χ1) is 4.81. The van der Waals surface area contributed by atoms with Gasteiger partial charge in [0, 0.05) is 13.2 Å². The minimum absolute atomic E-state index is 0. The molecule has 0 aromatic carbocycles. The van der Waals surface area contributed by atoms with E-state index in [2.05, 4.69) is 0 Å². The fourth-order valence-corrected chi connectivity index (χ4v) is 0.786. The van der Waals surface area contributed by atoms with Crippen molar-refractivity contribution in [2.24, 2.45) is 5.73 Å². The van der Waals surface area contributed by atoms with Crippen LogP contribution in [0.3, 0.4) is 0 Å². The number of unbranched alkanes of at least 4 members (excludes halogenated alkanes) is 2. The normalized spacial score (nSPS) is 12.3. The molecule has 0 aromatic rings. The smallest absolute Gasteiger partial charge is 0.0662 e. The van der Waals surface area contributed by atoms with Crippen molar-refractivity contribution in [2.45, 2.75) is 31.8 Å². The molecule has 1 unspecified atom stereocenters. The van der Waals surface area contributed by atoms with Gasteiger partial charge in [0.2, 0.25) is 0 Å². The Hall–Kier alpha value is 0.170. The lowest BCUT2D eigenvalue weighted by Gasteiger charge is -2.05. The van der Waals surface area contributed by atoms with Gasteiger partial charge in [-0.1, -0.05) is 12.8 Å². The molecule has 0 bridgehead atoms. The quantitative estimate of drug-likeness (QED) is 0.519. The zero-order valence-corrected chi connectivity index (χ0v) is 7.52. The van der Waals surface area contributed by atoms with E-state index in [1.165, 1.54) is 0 Å². The summed E-state index contributed by atoms with van der Waals surface area (Å²) >= 11 is 0.